The molecule has 1 heterocycles. The lowest BCUT2D eigenvalue weighted by Gasteiger charge is -2.20. The van der Waals surface area contributed by atoms with Crippen LogP contribution in [-0.2, 0) is 11.3 Å². The van der Waals surface area contributed by atoms with Crippen LogP contribution in [0.2, 0.25) is 0 Å². The number of hydrogen-bond acceptors (Lipinski definition) is 3. The summed E-state index contributed by atoms with van der Waals surface area (Å²) in [5.74, 6) is -1.38. The van der Waals surface area contributed by atoms with E-state index in [1.165, 1.54) is 0 Å². The van der Waals surface area contributed by atoms with Gasteiger partial charge in [0.2, 0.25) is 0 Å². The second-order valence-corrected chi connectivity index (χ2v) is 4.75. The van der Waals surface area contributed by atoms with Gasteiger partial charge < -0.3 is 10.1 Å². The summed E-state index contributed by atoms with van der Waals surface area (Å²) in [6, 6.07) is 3.87. The summed E-state index contributed by atoms with van der Waals surface area (Å²) < 4.78 is 32.8. The van der Waals surface area contributed by atoms with Crippen molar-refractivity contribution < 1.29 is 13.5 Å². The van der Waals surface area contributed by atoms with Gasteiger partial charge >= 0.3 is 0 Å². The van der Waals surface area contributed by atoms with Gasteiger partial charge in [0, 0.05) is 24.8 Å². The predicted molar refractivity (Wildman–Crippen MR) is 66.3 cm³/mol. The highest BCUT2D eigenvalue weighted by Gasteiger charge is 2.22. The normalized spacial score (nSPS) is 20.2. The summed E-state index contributed by atoms with van der Waals surface area (Å²) in [5, 5.41) is 11.7. The number of nitriles is 1. The molecule has 0 aliphatic carbocycles. The summed E-state index contributed by atoms with van der Waals surface area (Å²) in [4.78, 5) is 0. The van der Waals surface area contributed by atoms with Crippen molar-refractivity contribution in [1.82, 2.24) is 5.32 Å². The molecule has 0 aromatic heterocycles. The number of rotatable bonds is 4. The Hall–Kier alpha value is -1.51. The van der Waals surface area contributed by atoms with Crippen molar-refractivity contribution in [3.63, 3.8) is 0 Å². The third-order valence-electron chi connectivity index (χ3n) is 3.39. The second-order valence-electron chi connectivity index (χ2n) is 4.75. The summed E-state index contributed by atoms with van der Waals surface area (Å²) in [6.07, 6.45) is 2.09. The van der Waals surface area contributed by atoms with E-state index in [1.54, 1.807) is 6.07 Å². The average molecular weight is 266 g/mol. The van der Waals surface area contributed by atoms with Crippen LogP contribution in [0.5, 0.6) is 0 Å². The van der Waals surface area contributed by atoms with Gasteiger partial charge in [-0.1, -0.05) is 0 Å². The van der Waals surface area contributed by atoms with Crippen molar-refractivity contribution in [2.24, 2.45) is 0 Å². The van der Waals surface area contributed by atoms with Gasteiger partial charge in [0.1, 0.15) is 11.6 Å². The minimum atomic E-state index is -0.691. The molecule has 1 aromatic rings. The SMILES string of the molecule is CC(NCc1c(F)cc(C#N)cc1F)C1CCCO1. The van der Waals surface area contributed by atoms with E-state index in [1.807, 2.05) is 6.92 Å². The standard InChI is InChI=1S/C14H16F2N2O/c1-9(14-3-2-4-19-14)18-8-11-12(15)5-10(7-17)6-13(11)16/h5-6,9,14,18H,2-4,8H2,1H3. The fourth-order valence-electron chi connectivity index (χ4n) is 2.23. The number of nitrogens with one attached hydrogen (secondary N) is 1. The largest absolute Gasteiger partial charge is 0.377 e. The molecular formula is C14H16F2N2O. The lowest BCUT2D eigenvalue weighted by atomic mass is 10.1. The van der Waals surface area contributed by atoms with Gasteiger partial charge in [-0.15, -0.1) is 0 Å². The molecule has 2 atom stereocenters. The molecule has 3 nitrogen and oxygen atoms in total. The van der Waals surface area contributed by atoms with Gasteiger partial charge in [0.25, 0.3) is 0 Å². The third kappa shape index (κ3) is 3.28. The van der Waals surface area contributed by atoms with E-state index in [-0.39, 0.29) is 29.8 Å². The molecule has 5 heteroatoms. The first kappa shape index (κ1) is 13.9. The average Bonchev–Trinajstić information content (AvgIpc) is 2.91. The number of nitrogens with zero attached hydrogens (tertiary/aromatic N) is 1. The van der Waals surface area contributed by atoms with Crippen LogP contribution in [0.4, 0.5) is 8.78 Å². The van der Waals surface area contributed by atoms with Gasteiger partial charge in [-0.25, -0.2) is 8.78 Å². The molecule has 1 N–H and O–H groups in total. The zero-order valence-corrected chi connectivity index (χ0v) is 10.7. The van der Waals surface area contributed by atoms with Crippen LogP contribution >= 0.6 is 0 Å². The van der Waals surface area contributed by atoms with Gasteiger partial charge in [-0.05, 0) is 31.9 Å². The Bertz CT molecular complexity index is 470. The summed E-state index contributed by atoms with van der Waals surface area (Å²) in [6.45, 7) is 2.77. The van der Waals surface area contributed by atoms with Gasteiger partial charge in [-0.3, -0.25) is 0 Å². The van der Waals surface area contributed by atoms with E-state index in [2.05, 4.69) is 5.32 Å². The molecular weight excluding hydrogens is 250 g/mol. The molecule has 1 aliphatic heterocycles. The number of benzene rings is 1. The van der Waals surface area contributed by atoms with Crippen molar-refractivity contribution in [1.29, 1.82) is 5.26 Å². The minimum Gasteiger partial charge on any atom is -0.377 e. The fraction of sp³-hybridized carbons (Fsp3) is 0.500. The van der Waals surface area contributed by atoms with E-state index in [4.69, 9.17) is 10.00 Å². The maximum atomic E-state index is 13.7. The molecule has 0 amide bonds. The minimum absolute atomic E-state index is 0.00840. The summed E-state index contributed by atoms with van der Waals surface area (Å²) in [5.41, 5.74) is -0.0465. The first-order chi connectivity index (χ1) is 9.11. The van der Waals surface area contributed by atoms with E-state index in [0.717, 1.165) is 31.6 Å². The number of ether oxygens (including phenoxy) is 1. The highest BCUT2D eigenvalue weighted by atomic mass is 19.1. The van der Waals surface area contributed by atoms with Gasteiger partial charge in [-0.2, -0.15) is 5.26 Å². The molecule has 1 saturated heterocycles. The molecule has 2 rings (SSSR count). The van der Waals surface area contributed by atoms with Gasteiger partial charge in [0.15, 0.2) is 0 Å². The lowest BCUT2D eigenvalue weighted by Crippen LogP contribution is -2.36. The fourth-order valence-corrected chi connectivity index (χ4v) is 2.23. The maximum absolute atomic E-state index is 13.7. The van der Waals surface area contributed by atoms with Crippen LogP contribution in [-0.4, -0.2) is 18.8 Å². The monoisotopic (exact) mass is 266 g/mol. The van der Waals surface area contributed by atoms with Crippen LogP contribution in [0.25, 0.3) is 0 Å². The van der Waals surface area contributed by atoms with Crippen LogP contribution in [0.3, 0.4) is 0 Å². The quantitative estimate of drug-likeness (QED) is 0.910. The molecule has 102 valence electrons. The van der Waals surface area contributed by atoms with E-state index in [0.29, 0.717) is 0 Å². The molecule has 19 heavy (non-hydrogen) atoms. The Balaban J connectivity index is 2.01. The smallest absolute Gasteiger partial charge is 0.131 e. The van der Waals surface area contributed by atoms with Crippen LogP contribution in [0, 0.1) is 23.0 Å². The molecule has 0 spiro atoms. The first-order valence-corrected chi connectivity index (χ1v) is 6.35. The topological polar surface area (TPSA) is 45.0 Å². The zero-order chi connectivity index (χ0) is 13.8. The van der Waals surface area contributed by atoms with Gasteiger partial charge in [0.05, 0.1) is 17.7 Å². The molecule has 2 unspecified atom stereocenters. The van der Waals surface area contributed by atoms with E-state index < -0.39 is 11.6 Å². The molecule has 0 saturated carbocycles. The molecule has 1 fully saturated rings. The maximum Gasteiger partial charge on any atom is 0.131 e. The number of hydrogen-bond donors (Lipinski definition) is 1. The highest BCUT2D eigenvalue weighted by molar-refractivity contribution is 5.34. The molecule has 0 bridgehead atoms. The highest BCUT2D eigenvalue weighted by Crippen LogP contribution is 2.18. The van der Waals surface area contributed by atoms with E-state index >= 15 is 0 Å². The molecule has 1 aromatic carbocycles. The van der Waals surface area contributed by atoms with Crippen molar-refractivity contribution in [2.75, 3.05) is 6.61 Å². The Labute approximate surface area is 111 Å². The Morgan fingerprint density at radius 1 is 1.47 bits per heavy atom. The van der Waals surface area contributed by atoms with E-state index in [9.17, 15) is 8.78 Å². The first-order valence-electron chi connectivity index (χ1n) is 6.35. The van der Waals surface area contributed by atoms with Crippen LogP contribution in [0.1, 0.15) is 30.9 Å². The van der Waals surface area contributed by atoms with Crippen molar-refractivity contribution in [2.45, 2.75) is 38.5 Å². The predicted octanol–water partition coefficient (Wildman–Crippen LogP) is 2.49. The second kappa shape index (κ2) is 6.09. The Morgan fingerprint density at radius 3 is 2.68 bits per heavy atom. The number of halogens is 2. The molecule has 0 radical (unpaired) electrons. The Kier molecular flexibility index (Phi) is 4.46. The zero-order valence-electron chi connectivity index (χ0n) is 10.7. The summed E-state index contributed by atoms with van der Waals surface area (Å²) in [7, 11) is 0. The van der Waals surface area contributed by atoms with Crippen molar-refractivity contribution >= 4 is 0 Å². The third-order valence-corrected chi connectivity index (χ3v) is 3.39. The summed E-state index contributed by atoms with van der Waals surface area (Å²) >= 11 is 0. The Morgan fingerprint density at radius 2 is 2.16 bits per heavy atom. The molecule has 1 aliphatic rings. The van der Waals surface area contributed by atoms with Crippen LogP contribution in [0.15, 0.2) is 12.1 Å². The van der Waals surface area contributed by atoms with Crippen molar-refractivity contribution in [3.05, 3.63) is 34.9 Å². The van der Waals surface area contributed by atoms with Crippen LogP contribution < -0.4 is 5.32 Å². The lowest BCUT2D eigenvalue weighted by molar-refractivity contribution is 0.0830. The van der Waals surface area contributed by atoms with Crippen molar-refractivity contribution in [3.8, 4) is 6.07 Å².